The van der Waals surface area contributed by atoms with Crippen molar-refractivity contribution in [3.63, 3.8) is 0 Å². The molecule has 0 aliphatic heterocycles. The second-order valence-corrected chi connectivity index (χ2v) is 18.1. The molecule has 0 bridgehead atoms. The van der Waals surface area contributed by atoms with E-state index >= 15 is 0 Å². The number of hydrogen-bond donors (Lipinski definition) is 0. The van der Waals surface area contributed by atoms with Crippen LogP contribution in [-0.4, -0.2) is 4.57 Å². The van der Waals surface area contributed by atoms with E-state index in [1.807, 2.05) is 6.08 Å². The normalized spacial score (nSPS) is 18.3. The maximum absolute atomic E-state index is 4.51. The van der Waals surface area contributed by atoms with Crippen LogP contribution >= 0.6 is 0 Å². The van der Waals surface area contributed by atoms with Gasteiger partial charge in [-0.3, -0.25) is 0 Å². The van der Waals surface area contributed by atoms with Crippen molar-refractivity contribution in [1.82, 2.24) is 4.57 Å². The molecule has 13 rings (SSSR count). The van der Waals surface area contributed by atoms with Gasteiger partial charge in [-0.05, 0) is 122 Å². The van der Waals surface area contributed by atoms with Gasteiger partial charge in [-0.25, -0.2) is 0 Å². The summed E-state index contributed by atoms with van der Waals surface area (Å²) in [5.41, 5.74) is 17.1. The fourth-order valence-corrected chi connectivity index (χ4v) is 12.0. The number of anilines is 2. The SMILES string of the molecule is C=C/C(=C\C=C(/C)c1ccc2c(c1)C1(c3ccccc3-2)c2ccccc2C2C=CC=CC21)N(c1ccc2c3ccccc3n(-c3ccccc3)c2c1)c1cc2ccccc2c2ccccc12. The van der Waals surface area contributed by atoms with Crippen molar-refractivity contribution in [1.29, 1.82) is 0 Å². The van der Waals surface area contributed by atoms with Crippen molar-refractivity contribution in [2.75, 3.05) is 4.90 Å². The standard InChI is InChI=1S/C64H46N2/c1-3-45(35-33-42(2)43-34-37-53-52-26-13-17-31-59(52)64(60(53)39-43)57-29-15-11-24-50(57)51-25-12-16-30-58(51)64)65(62-40-44-19-7-8-22-48(44)49-23-9-10-27-54(49)62)47-36-38-56-55-28-14-18-32-61(55)66(63(56)41-47)46-20-5-4-6-21-46/h3-41,50,57H,1H2,2H3/b42-33+,45-35+. The van der Waals surface area contributed by atoms with Crippen LogP contribution in [0, 0.1) is 5.92 Å². The van der Waals surface area contributed by atoms with E-state index in [-0.39, 0.29) is 11.3 Å². The summed E-state index contributed by atoms with van der Waals surface area (Å²) in [6.07, 6.45) is 15.9. The van der Waals surface area contributed by atoms with E-state index in [1.54, 1.807) is 0 Å². The minimum Gasteiger partial charge on any atom is -0.310 e. The Morgan fingerprint density at radius 1 is 0.545 bits per heavy atom. The summed E-state index contributed by atoms with van der Waals surface area (Å²) in [6, 6.07) is 71.8. The molecule has 0 radical (unpaired) electrons. The molecule has 2 heteroatoms. The van der Waals surface area contributed by atoms with E-state index in [1.165, 1.54) is 82.4 Å². The van der Waals surface area contributed by atoms with Gasteiger partial charge in [0.2, 0.25) is 0 Å². The fourth-order valence-electron chi connectivity index (χ4n) is 12.0. The Balaban J connectivity index is 1.00. The minimum atomic E-state index is -0.276. The smallest absolute Gasteiger partial charge is 0.0561 e. The molecule has 66 heavy (non-hydrogen) atoms. The van der Waals surface area contributed by atoms with Gasteiger partial charge >= 0.3 is 0 Å². The number of rotatable bonds is 7. The highest BCUT2D eigenvalue weighted by Gasteiger charge is 2.56. The van der Waals surface area contributed by atoms with Crippen LogP contribution in [0.1, 0.15) is 40.7 Å². The number of allylic oxidation sites excluding steroid dienone is 8. The lowest BCUT2D eigenvalue weighted by molar-refractivity contribution is 0.465. The predicted molar refractivity (Wildman–Crippen MR) is 279 cm³/mol. The summed E-state index contributed by atoms with van der Waals surface area (Å²) in [5, 5.41) is 7.28. The molecular weight excluding hydrogens is 797 g/mol. The molecule has 1 heterocycles. The summed E-state index contributed by atoms with van der Waals surface area (Å²) in [6.45, 7) is 6.76. The van der Waals surface area contributed by atoms with Gasteiger partial charge in [-0.15, -0.1) is 0 Å². The average molecular weight is 843 g/mol. The monoisotopic (exact) mass is 842 g/mol. The summed E-state index contributed by atoms with van der Waals surface area (Å²) >= 11 is 0. The molecular formula is C64H46N2. The third-order valence-electron chi connectivity index (χ3n) is 14.8. The Bertz CT molecular complexity index is 3760. The van der Waals surface area contributed by atoms with Crippen LogP contribution < -0.4 is 4.90 Å². The van der Waals surface area contributed by atoms with E-state index in [0.717, 1.165) is 28.3 Å². The molecule has 2 nitrogen and oxygen atoms in total. The Labute approximate surface area is 385 Å². The first-order valence-corrected chi connectivity index (χ1v) is 23.1. The highest BCUT2D eigenvalue weighted by Crippen LogP contribution is 2.65. The Morgan fingerprint density at radius 2 is 1.23 bits per heavy atom. The second kappa shape index (κ2) is 14.9. The first kappa shape index (κ1) is 38.3. The molecule has 312 valence electrons. The number of fused-ring (bicyclic) bond motifs is 16. The quantitative estimate of drug-likeness (QED) is 0.115. The van der Waals surface area contributed by atoms with Gasteiger partial charge in [0.05, 0.1) is 22.1 Å². The lowest BCUT2D eigenvalue weighted by Crippen LogP contribution is -2.33. The van der Waals surface area contributed by atoms with Crippen molar-refractivity contribution < 1.29 is 0 Å². The Morgan fingerprint density at radius 3 is 2.09 bits per heavy atom. The molecule has 3 aliphatic carbocycles. The van der Waals surface area contributed by atoms with Crippen molar-refractivity contribution >= 4 is 60.3 Å². The third-order valence-corrected chi connectivity index (χ3v) is 14.8. The Kier molecular flexibility index (Phi) is 8.66. The Hall–Kier alpha value is -8.20. The molecule has 0 N–H and O–H groups in total. The highest BCUT2D eigenvalue weighted by molar-refractivity contribution is 6.15. The topological polar surface area (TPSA) is 8.17 Å². The molecule has 0 saturated carbocycles. The first-order valence-electron chi connectivity index (χ1n) is 23.1. The third kappa shape index (κ3) is 5.48. The van der Waals surface area contributed by atoms with Gasteiger partial charge in [0.15, 0.2) is 0 Å². The van der Waals surface area contributed by atoms with Gasteiger partial charge in [0, 0.05) is 45.1 Å². The summed E-state index contributed by atoms with van der Waals surface area (Å²) < 4.78 is 2.40. The first-order chi connectivity index (χ1) is 32.6. The molecule has 1 aromatic heterocycles. The van der Waals surface area contributed by atoms with E-state index in [9.17, 15) is 0 Å². The van der Waals surface area contributed by atoms with Crippen molar-refractivity contribution in [2.24, 2.45) is 5.92 Å². The lowest BCUT2D eigenvalue weighted by atomic mass is 9.65. The van der Waals surface area contributed by atoms with Crippen LogP contribution in [0.3, 0.4) is 0 Å². The van der Waals surface area contributed by atoms with E-state index in [4.69, 9.17) is 0 Å². The van der Waals surface area contributed by atoms with Gasteiger partial charge in [0.1, 0.15) is 0 Å². The molecule has 9 aromatic carbocycles. The van der Waals surface area contributed by atoms with Gasteiger partial charge in [0.25, 0.3) is 0 Å². The molecule has 3 aliphatic rings. The predicted octanol–water partition coefficient (Wildman–Crippen LogP) is 16.6. The largest absolute Gasteiger partial charge is 0.310 e. The maximum atomic E-state index is 4.51. The zero-order valence-electron chi connectivity index (χ0n) is 36.8. The van der Waals surface area contributed by atoms with Crippen molar-refractivity contribution in [2.45, 2.75) is 18.3 Å². The number of benzene rings is 9. The van der Waals surface area contributed by atoms with Crippen LogP contribution in [0.15, 0.2) is 249 Å². The van der Waals surface area contributed by atoms with Crippen LogP contribution in [0.25, 0.3) is 65.7 Å². The van der Waals surface area contributed by atoms with Gasteiger partial charge in [-0.2, -0.15) is 0 Å². The van der Waals surface area contributed by atoms with Crippen LogP contribution in [0.4, 0.5) is 11.4 Å². The number of para-hydroxylation sites is 2. The molecule has 1 spiro atoms. The second-order valence-electron chi connectivity index (χ2n) is 18.1. The number of hydrogen-bond acceptors (Lipinski definition) is 1. The molecule has 3 atom stereocenters. The molecule has 0 amide bonds. The fraction of sp³-hybridized carbons (Fsp3) is 0.0625. The molecule has 10 aromatic rings. The summed E-state index contributed by atoms with van der Waals surface area (Å²) in [7, 11) is 0. The molecule has 0 saturated heterocycles. The van der Waals surface area contributed by atoms with E-state index < -0.39 is 0 Å². The average Bonchev–Trinajstić information content (AvgIpc) is 3.99. The molecule has 3 unspecified atom stereocenters. The van der Waals surface area contributed by atoms with Gasteiger partial charge in [-0.1, -0.05) is 189 Å². The highest BCUT2D eigenvalue weighted by atomic mass is 15.1. The lowest BCUT2D eigenvalue weighted by Gasteiger charge is -2.36. The summed E-state index contributed by atoms with van der Waals surface area (Å²) in [5.74, 6) is 0.617. The van der Waals surface area contributed by atoms with Crippen molar-refractivity contribution in [3.05, 3.63) is 277 Å². The maximum Gasteiger partial charge on any atom is 0.0561 e. The van der Waals surface area contributed by atoms with Gasteiger partial charge < -0.3 is 9.47 Å². The van der Waals surface area contributed by atoms with Crippen LogP contribution in [0.5, 0.6) is 0 Å². The number of nitrogens with zero attached hydrogens (tertiary/aromatic N) is 2. The minimum absolute atomic E-state index is 0.276. The summed E-state index contributed by atoms with van der Waals surface area (Å²) in [4.78, 5) is 2.41. The van der Waals surface area contributed by atoms with Crippen molar-refractivity contribution in [3.8, 4) is 16.8 Å². The van der Waals surface area contributed by atoms with Crippen LogP contribution in [-0.2, 0) is 5.41 Å². The van der Waals surface area contributed by atoms with Crippen LogP contribution in [0.2, 0.25) is 0 Å². The zero-order valence-corrected chi connectivity index (χ0v) is 36.8. The number of aromatic nitrogens is 1. The van der Waals surface area contributed by atoms with E-state index in [0.29, 0.717) is 5.92 Å². The molecule has 0 fully saturated rings. The zero-order chi connectivity index (χ0) is 43.9. The van der Waals surface area contributed by atoms with E-state index in [2.05, 4.69) is 254 Å².